The molecule has 2 heterocycles. The summed E-state index contributed by atoms with van der Waals surface area (Å²) in [6.45, 7) is 4.93. The monoisotopic (exact) mass is 936 g/mol. The Balaban J connectivity index is 1.02. The normalized spacial score (nSPS) is 21.7. The van der Waals surface area contributed by atoms with Gasteiger partial charge in [-0.05, 0) is 169 Å². The molecule has 8 aliphatic rings. The van der Waals surface area contributed by atoms with E-state index in [4.69, 9.17) is 0 Å². The third kappa shape index (κ3) is 7.99. The van der Waals surface area contributed by atoms with Gasteiger partial charge >= 0.3 is 0 Å². The predicted octanol–water partition coefficient (Wildman–Crippen LogP) is 17.3. The number of allylic oxidation sites excluding steroid dienone is 20. The molecule has 0 radical (unpaired) electrons. The minimum atomic E-state index is -0.229. The van der Waals surface area contributed by atoms with Crippen LogP contribution in [0, 0.1) is 0 Å². The second-order valence-corrected chi connectivity index (χ2v) is 21.4. The van der Waals surface area contributed by atoms with Gasteiger partial charge in [0.15, 0.2) is 0 Å². The van der Waals surface area contributed by atoms with Gasteiger partial charge in [0.2, 0.25) is 0 Å². The minimum absolute atomic E-state index is 0.214. The molecule has 4 aromatic carbocycles. The Morgan fingerprint density at radius 3 is 1.92 bits per heavy atom. The lowest BCUT2D eigenvalue weighted by molar-refractivity contribution is 0.238. The molecule has 0 amide bonds. The summed E-state index contributed by atoms with van der Waals surface area (Å²) in [5.41, 5.74) is 24.2. The van der Waals surface area contributed by atoms with E-state index >= 15 is 0 Å². The Morgan fingerprint density at radius 1 is 0.514 bits per heavy atom. The van der Waals surface area contributed by atoms with Crippen LogP contribution in [0.5, 0.6) is 0 Å². The number of fused-ring (bicyclic) bond motifs is 5. The Hall–Kier alpha value is -7.36. The van der Waals surface area contributed by atoms with E-state index in [2.05, 4.69) is 229 Å². The van der Waals surface area contributed by atoms with Crippen LogP contribution in [-0.4, -0.2) is 21.6 Å². The van der Waals surface area contributed by atoms with Gasteiger partial charge in [-0.25, -0.2) is 0 Å². The molecule has 1 aliphatic heterocycles. The second kappa shape index (κ2) is 18.7. The van der Waals surface area contributed by atoms with Crippen LogP contribution < -0.4 is 4.90 Å². The summed E-state index contributed by atoms with van der Waals surface area (Å²) >= 11 is 0. The van der Waals surface area contributed by atoms with E-state index in [1.165, 1.54) is 106 Å². The van der Waals surface area contributed by atoms with Crippen molar-refractivity contribution in [2.24, 2.45) is 0 Å². The summed E-state index contributed by atoms with van der Waals surface area (Å²) in [5, 5.41) is 1.36. The average molecular weight is 936 g/mol. The van der Waals surface area contributed by atoms with Gasteiger partial charge in [0.1, 0.15) is 0 Å². The zero-order valence-corrected chi connectivity index (χ0v) is 42.0. The zero-order chi connectivity index (χ0) is 48.2. The highest BCUT2D eigenvalue weighted by Crippen LogP contribution is 2.51. The van der Waals surface area contributed by atoms with Gasteiger partial charge in [-0.2, -0.15) is 0 Å². The fraction of sp³-hybridized carbons (Fsp3) is 0.246. The minimum Gasteiger partial charge on any atom is -0.361 e. The molecule has 3 heteroatoms. The first kappa shape index (κ1) is 44.6. The van der Waals surface area contributed by atoms with Gasteiger partial charge in [-0.3, -0.25) is 0 Å². The van der Waals surface area contributed by atoms with Gasteiger partial charge < -0.3 is 14.4 Å². The van der Waals surface area contributed by atoms with Crippen molar-refractivity contribution < 1.29 is 0 Å². The van der Waals surface area contributed by atoms with Gasteiger partial charge in [-0.1, -0.05) is 178 Å². The van der Waals surface area contributed by atoms with Crippen molar-refractivity contribution in [2.45, 2.75) is 108 Å². The first-order valence-corrected chi connectivity index (χ1v) is 27.0. The molecular formula is C69H65N3. The molecule has 13 rings (SSSR count). The summed E-state index contributed by atoms with van der Waals surface area (Å²) in [4.78, 5) is 5.50. The van der Waals surface area contributed by atoms with Crippen molar-refractivity contribution in [1.29, 1.82) is 0 Å². The maximum atomic E-state index is 2.83. The molecule has 7 aliphatic carbocycles. The smallest absolute Gasteiger partial charge is 0.0580 e. The number of aromatic nitrogens is 1. The van der Waals surface area contributed by atoms with E-state index < -0.39 is 0 Å². The first-order valence-electron chi connectivity index (χ1n) is 27.0. The number of hydrogen-bond acceptors (Lipinski definition) is 2. The van der Waals surface area contributed by atoms with Crippen LogP contribution in [0.25, 0.3) is 33.8 Å². The van der Waals surface area contributed by atoms with Gasteiger partial charge in [0, 0.05) is 50.5 Å². The second-order valence-electron chi connectivity index (χ2n) is 21.4. The SMILES string of the molecule is CC1(C)c2ccccc2-n2c3c(c4cc(N(C5=CCCC(C6=CCCC=C6)=C5)C5=CC(c6ccccc6)=CCC5)cc1c42)C=C(N(C1C=C(C2=CCCC=C2)C=CC1)C1C=C(c2ccccc2)C=CC1)CC3. The Kier molecular flexibility index (Phi) is 11.6. The molecule has 0 fully saturated rings. The Morgan fingerprint density at radius 2 is 1.17 bits per heavy atom. The first-order chi connectivity index (χ1) is 35.5. The fourth-order valence-corrected chi connectivity index (χ4v) is 13.1. The van der Waals surface area contributed by atoms with Crippen LogP contribution in [0.2, 0.25) is 0 Å². The van der Waals surface area contributed by atoms with E-state index in [-0.39, 0.29) is 17.5 Å². The molecule has 0 N–H and O–H groups in total. The molecule has 2 unspecified atom stereocenters. The van der Waals surface area contributed by atoms with Crippen molar-refractivity contribution in [2.75, 3.05) is 4.90 Å². The van der Waals surface area contributed by atoms with Crippen LogP contribution in [0.3, 0.4) is 0 Å². The molecule has 5 aromatic rings. The van der Waals surface area contributed by atoms with E-state index in [1.807, 2.05) is 0 Å². The standard InChI is InChI=1S/C69H65N3/c1-69(2)64-37-15-16-38-67(64)72-66-40-39-60(70(56-33-17-29-52(41-56)48-21-7-3-8-22-48)57-34-18-30-53(42-57)49-23-9-4-10-24-49)45-62(66)63-46-61(47-65(69)68(63)72)71(58-35-19-31-54(43-58)50-25-11-5-12-26-50)59-36-20-32-55(44-59)51-27-13-6-14-28-51/h3,5,7-9,11-13,15-18,21-31,36-38,41-47,56-57H,4,6,10,14,19-20,32-35,39-40H2,1-2H3. The van der Waals surface area contributed by atoms with Crippen LogP contribution in [-0.2, 0) is 11.8 Å². The lowest BCUT2D eigenvalue weighted by Gasteiger charge is -2.42. The molecule has 3 nitrogen and oxygen atoms in total. The van der Waals surface area contributed by atoms with E-state index in [0.717, 1.165) is 77.0 Å². The number of para-hydroxylation sites is 1. The van der Waals surface area contributed by atoms with Crippen molar-refractivity contribution >= 4 is 33.8 Å². The molecule has 0 saturated heterocycles. The highest BCUT2D eigenvalue weighted by molar-refractivity contribution is 6.00. The maximum absolute atomic E-state index is 2.83. The molecule has 0 bridgehead atoms. The highest BCUT2D eigenvalue weighted by atomic mass is 15.2. The highest BCUT2D eigenvalue weighted by Gasteiger charge is 2.39. The summed E-state index contributed by atoms with van der Waals surface area (Å²) < 4.78 is 2.68. The van der Waals surface area contributed by atoms with Gasteiger partial charge in [0.25, 0.3) is 0 Å². The maximum Gasteiger partial charge on any atom is 0.0580 e. The molecular weight excluding hydrogens is 871 g/mol. The number of hydrogen-bond donors (Lipinski definition) is 0. The summed E-state index contributed by atoms with van der Waals surface area (Å²) in [5.74, 6) is 0. The number of rotatable bonds is 10. The lowest BCUT2D eigenvalue weighted by Crippen LogP contribution is -2.42. The molecule has 0 spiro atoms. The third-order valence-electron chi connectivity index (χ3n) is 16.6. The van der Waals surface area contributed by atoms with E-state index in [9.17, 15) is 0 Å². The molecule has 0 saturated carbocycles. The molecule has 72 heavy (non-hydrogen) atoms. The topological polar surface area (TPSA) is 11.4 Å². The number of anilines is 1. The summed E-state index contributed by atoms with van der Waals surface area (Å²) in [6, 6.07) is 36.9. The van der Waals surface area contributed by atoms with Crippen molar-refractivity contribution in [3.05, 3.63) is 267 Å². The fourth-order valence-electron chi connectivity index (χ4n) is 13.1. The summed E-state index contributed by atoms with van der Waals surface area (Å²) in [7, 11) is 0. The largest absolute Gasteiger partial charge is 0.361 e. The number of nitrogens with zero attached hydrogens (tertiary/aromatic N) is 3. The third-order valence-corrected chi connectivity index (χ3v) is 16.6. The van der Waals surface area contributed by atoms with Crippen LogP contribution in [0.15, 0.2) is 234 Å². The van der Waals surface area contributed by atoms with Crippen LogP contribution in [0.4, 0.5) is 5.69 Å². The average Bonchev–Trinajstić information content (AvgIpc) is 3.77. The van der Waals surface area contributed by atoms with Gasteiger partial charge in [-0.15, -0.1) is 0 Å². The Labute approximate surface area is 427 Å². The van der Waals surface area contributed by atoms with E-state index in [1.54, 1.807) is 0 Å². The molecule has 2 atom stereocenters. The number of benzene rings is 4. The van der Waals surface area contributed by atoms with Crippen molar-refractivity contribution in [3.8, 4) is 5.69 Å². The van der Waals surface area contributed by atoms with Crippen molar-refractivity contribution in [3.63, 3.8) is 0 Å². The van der Waals surface area contributed by atoms with Crippen LogP contribution in [0.1, 0.15) is 118 Å². The zero-order valence-electron chi connectivity index (χ0n) is 42.0. The van der Waals surface area contributed by atoms with Crippen LogP contribution >= 0.6 is 0 Å². The molecule has 356 valence electrons. The quantitative estimate of drug-likeness (QED) is 0.138. The lowest BCUT2D eigenvalue weighted by atomic mass is 9.74. The molecule has 1 aromatic heterocycles. The summed E-state index contributed by atoms with van der Waals surface area (Å²) in [6.07, 6.45) is 54.1. The Bertz CT molecular complexity index is 3430. The van der Waals surface area contributed by atoms with E-state index in [0.29, 0.717) is 0 Å². The van der Waals surface area contributed by atoms with Crippen molar-refractivity contribution in [1.82, 2.24) is 9.47 Å². The van der Waals surface area contributed by atoms with Gasteiger partial charge in [0.05, 0.1) is 17.6 Å². The predicted molar refractivity (Wildman–Crippen MR) is 304 cm³/mol.